The average Bonchev–Trinajstić information content (AvgIpc) is 2.71. The van der Waals surface area contributed by atoms with Crippen LogP contribution < -0.4 is 5.73 Å². The molecule has 0 bridgehead atoms. The number of aromatic nitrogens is 2. The quantitative estimate of drug-likeness (QED) is 0.851. The molecule has 20 heavy (non-hydrogen) atoms. The summed E-state index contributed by atoms with van der Waals surface area (Å²) in [5, 5.41) is 5.24. The van der Waals surface area contributed by atoms with Crippen LogP contribution in [0.15, 0.2) is 29.2 Å². The Morgan fingerprint density at radius 1 is 1.45 bits per heavy atom. The molecule has 0 amide bonds. The van der Waals surface area contributed by atoms with Crippen LogP contribution in [0.3, 0.4) is 0 Å². The van der Waals surface area contributed by atoms with E-state index in [4.69, 9.17) is 17.3 Å². The van der Waals surface area contributed by atoms with Gasteiger partial charge in [-0.2, -0.15) is 5.10 Å². The first-order valence-electron chi connectivity index (χ1n) is 6.71. The van der Waals surface area contributed by atoms with Crippen molar-refractivity contribution >= 4 is 23.4 Å². The average molecular weight is 310 g/mol. The van der Waals surface area contributed by atoms with Gasteiger partial charge in [0.2, 0.25) is 0 Å². The maximum absolute atomic E-state index is 6.36. The van der Waals surface area contributed by atoms with Gasteiger partial charge in [-0.05, 0) is 31.0 Å². The second-order valence-electron chi connectivity index (χ2n) is 4.83. The Bertz CT molecular complexity index is 593. The molecule has 1 aromatic carbocycles. The Hall–Kier alpha value is -0.970. The Labute approximate surface area is 129 Å². The lowest BCUT2D eigenvalue weighted by Gasteiger charge is -2.08. The van der Waals surface area contributed by atoms with Crippen LogP contribution in [0.1, 0.15) is 36.8 Å². The predicted octanol–water partition coefficient (Wildman–Crippen LogP) is 3.95. The van der Waals surface area contributed by atoms with Gasteiger partial charge in [-0.15, -0.1) is 11.8 Å². The Balaban J connectivity index is 2.13. The number of halogens is 1. The largest absolute Gasteiger partial charge is 0.324 e. The zero-order chi connectivity index (χ0) is 14.7. The molecule has 0 fully saturated rings. The van der Waals surface area contributed by atoms with Crippen molar-refractivity contribution in [3.8, 4) is 0 Å². The first-order chi connectivity index (χ1) is 9.52. The van der Waals surface area contributed by atoms with Gasteiger partial charge in [0.15, 0.2) is 0 Å². The van der Waals surface area contributed by atoms with E-state index in [-0.39, 0.29) is 6.04 Å². The molecule has 0 aliphatic heterocycles. The fraction of sp³-hybridized carbons (Fsp3) is 0.400. The van der Waals surface area contributed by atoms with E-state index >= 15 is 0 Å². The van der Waals surface area contributed by atoms with Crippen LogP contribution in [-0.2, 0) is 19.2 Å². The van der Waals surface area contributed by atoms with Crippen LogP contribution >= 0.6 is 23.4 Å². The minimum atomic E-state index is 0.0579. The van der Waals surface area contributed by atoms with Crippen LogP contribution in [-0.4, -0.2) is 9.78 Å². The monoisotopic (exact) mass is 309 g/mol. The van der Waals surface area contributed by atoms with Crippen molar-refractivity contribution in [1.29, 1.82) is 0 Å². The molecule has 1 unspecified atom stereocenters. The molecule has 0 spiro atoms. The molecule has 108 valence electrons. The third-order valence-corrected chi connectivity index (χ3v) is 4.70. The number of hydrogen-bond acceptors (Lipinski definition) is 3. The van der Waals surface area contributed by atoms with Crippen molar-refractivity contribution in [2.24, 2.45) is 12.8 Å². The lowest BCUT2D eigenvalue weighted by atomic mass is 10.1. The molecule has 5 heteroatoms. The number of nitrogens with zero attached hydrogens (tertiary/aromatic N) is 2. The Morgan fingerprint density at radius 3 is 2.80 bits per heavy atom. The molecule has 1 aromatic heterocycles. The van der Waals surface area contributed by atoms with E-state index in [1.165, 1.54) is 4.90 Å². The van der Waals surface area contributed by atoms with Gasteiger partial charge in [-0.25, -0.2) is 0 Å². The van der Waals surface area contributed by atoms with Crippen molar-refractivity contribution in [1.82, 2.24) is 9.78 Å². The summed E-state index contributed by atoms with van der Waals surface area (Å²) in [7, 11) is 1.94. The van der Waals surface area contributed by atoms with E-state index in [1.54, 1.807) is 11.8 Å². The standard InChI is InChI=1S/C15H20ClN3S/c1-4-13-15(16)14(19(3)18-13)9-20-12-7-5-6-11(8-12)10(2)17/h5-8,10H,4,9,17H2,1-3H3. The summed E-state index contributed by atoms with van der Waals surface area (Å²) in [6.45, 7) is 4.06. The van der Waals surface area contributed by atoms with Crippen LogP contribution in [0.25, 0.3) is 0 Å². The zero-order valence-corrected chi connectivity index (χ0v) is 13.6. The molecule has 0 radical (unpaired) electrons. The van der Waals surface area contributed by atoms with Gasteiger partial charge in [0.1, 0.15) is 0 Å². The van der Waals surface area contributed by atoms with Crippen LogP contribution in [0.5, 0.6) is 0 Å². The molecular weight excluding hydrogens is 290 g/mol. The van der Waals surface area contributed by atoms with Crippen molar-refractivity contribution in [2.75, 3.05) is 0 Å². The summed E-state index contributed by atoms with van der Waals surface area (Å²) in [6, 6.07) is 8.40. The van der Waals surface area contributed by atoms with Gasteiger partial charge in [0.25, 0.3) is 0 Å². The zero-order valence-electron chi connectivity index (χ0n) is 12.1. The number of hydrogen-bond donors (Lipinski definition) is 1. The summed E-state index contributed by atoms with van der Waals surface area (Å²) < 4.78 is 1.88. The third kappa shape index (κ3) is 3.37. The first-order valence-corrected chi connectivity index (χ1v) is 8.07. The highest BCUT2D eigenvalue weighted by molar-refractivity contribution is 7.98. The van der Waals surface area contributed by atoms with Gasteiger partial charge in [-0.3, -0.25) is 4.68 Å². The SMILES string of the molecule is CCc1nn(C)c(CSc2cccc(C(C)N)c2)c1Cl. The van der Waals surface area contributed by atoms with Gasteiger partial charge >= 0.3 is 0 Å². The van der Waals surface area contributed by atoms with Crippen molar-refractivity contribution in [2.45, 2.75) is 37.0 Å². The minimum absolute atomic E-state index is 0.0579. The van der Waals surface area contributed by atoms with E-state index in [1.807, 2.05) is 24.7 Å². The maximum atomic E-state index is 6.36. The Morgan fingerprint density at radius 2 is 2.20 bits per heavy atom. The highest BCUT2D eigenvalue weighted by Gasteiger charge is 2.13. The molecule has 1 atom stereocenters. The van der Waals surface area contributed by atoms with Gasteiger partial charge in [0, 0.05) is 23.7 Å². The first kappa shape index (κ1) is 15.4. The van der Waals surface area contributed by atoms with Crippen molar-refractivity contribution in [3.05, 3.63) is 46.2 Å². The molecule has 2 N–H and O–H groups in total. The molecular formula is C15H20ClN3S. The molecule has 0 saturated heterocycles. The smallest absolute Gasteiger partial charge is 0.0858 e. The third-order valence-electron chi connectivity index (χ3n) is 3.26. The number of nitrogens with two attached hydrogens (primary N) is 1. The van der Waals surface area contributed by atoms with E-state index in [9.17, 15) is 0 Å². The van der Waals surface area contributed by atoms with Crippen LogP contribution in [0, 0.1) is 0 Å². The van der Waals surface area contributed by atoms with E-state index in [2.05, 4.69) is 30.2 Å². The molecule has 0 saturated carbocycles. The fourth-order valence-electron chi connectivity index (χ4n) is 2.02. The van der Waals surface area contributed by atoms with Gasteiger partial charge < -0.3 is 5.73 Å². The molecule has 0 aliphatic rings. The normalized spacial score (nSPS) is 12.7. The van der Waals surface area contributed by atoms with Crippen LogP contribution in [0.2, 0.25) is 5.02 Å². The van der Waals surface area contributed by atoms with Crippen molar-refractivity contribution < 1.29 is 0 Å². The summed E-state index contributed by atoms with van der Waals surface area (Å²) >= 11 is 8.12. The summed E-state index contributed by atoms with van der Waals surface area (Å²) in [5.74, 6) is 0.810. The lowest BCUT2D eigenvalue weighted by Crippen LogP contribution is -2.04. The highest BCUT2D eigenvalue weighted by Crippen LogP contribution is 2.29. The summed E-state index contributed by atoms with van der Waals surface area (Å²) in [5.41, 5.74) is 9.10. The highest BCUT2D eigenvalue weighted by atomic mass is 35.5. The van der Waals surface area contributed by atoms with E-state index in [0.29, 0.717) is 0 Å². The van der Waals surface area contributed by atoms with Crippen LogP contribution in [0.4, 0.5) is 0 Å². The van der Waals surface area contributed by atoms with E-state index in [0.717, 1.165) is 34.1 Å². The number of rotatable bonds is 5. The lowest BCUT2D eigenvalue weighted by molar-refractivity contribution is 0.720. The molecule has 0 aliphatic carbocycles. The minimum Gasteiger partial charge on any atom is -0.324 e. The molecule has 2 rings (SSSR count). The molecule has 1 heterocycles. The fourth-order valence-corrected chi connectivity index (χ4v) is 3.48. The molecule has 2 aromatic rings. The number of benzene rings is 1. The predicted molar refractivity (Wildman–Crippen MR) is 86.2 cm³/mol. The van der Waals surface area contributed by atoms with Gasteiger partial charge in [0.05, 0.1) is 16.4 Å². The van der Waals surface area contributed by atoms with Crippen molar-refractivity contribution in [3.63, 3.8) is 0 Å². The number of aryl methyl sites for hydroxylation is 2. The summed E-state index contributed by atoms with van der Waals surface area (Å²) in [6.07, 6.45) is 0.859. The second kappa shape index (κ2) is 6.66. The summed E-state index contributed by atoms with van der Waals surface area (Å²) in [4.78, 5) is 1.20. The topological polar surface area (TPSA) is 43.8 Å². The van der Waals surface area contributed by atoms with Gasteiger partial charge in [-0.1, -0.05) is 30.7 Å². The second-order valence-corrected chi connectivity index (χ2v) is 6.26. The maximum Gasteiger partial charge on any atom is 0.0858 e. The number of thioether (sulfide) groups is 1. The Kier molecular flexibility index (Phi) is 5.13. The molecule has 3 nitrogen and oxygen atoms in total. The van der Waals surface area contributed by atoms with E-state index < -0.39 is 0 Å².